The van der Waals surface area contributed by atoms with Crippen molar-refractivity contribution in [3.05, 3.63) is 28.8 Å². The summed E-state index contributed by atoms with van der Waals surface area (Å²) in [6.45, 7) is 3.63. The molecule has 0 amide bonds. The molecule has 0 radical (unpaired) electrons. The average Bonchev–Trinajstić information content (AvgIpc) is 2.84. The molecular formula is C13H17ClN2OS. The van der Waals surface area contributed by atoms with Crippen molar-refractivity contribution >= 4 is 34.6 Å². The lowest BCUT2D eigenvalue weighted by Gasteiger charge is -2.15. The Morgan fingerprint density at radius 1 is 1.56 bits per heavy atom. The maximum Gasteiger partial charge on any atom is 0.170 e. The van der Waals surface area contributed by atoms with E-state index in [-0.39, 0.29) is 6.10 Å². The minimum Gasteiger partial charge on any atom is -0.376 e. The quantitative estimate of drug-likeness (QED) is 0.836. The molecule has 1 aromatic carbocycles. The summed E-state index contributed by atoms with van der Waals surface area (Å²) in [4.78, 5) is 0. The fourth-order valence-corrected chi connectivity index (χ4v) is 2.27. The zero-order valence-corrected chi connectivity index (χ0v) is 11.9. The largest absolute Gasteiger partial charge is 0.376 e. The molecule has 1 saturated heterocycles. The minimum absolute atomic E-state index is 0.283. The maximum absolute atomic E-state index is 5.96. The van der Waals surface area contributed by atoms with Crippen molar-refractivity contribution in [1.82, 2.24) is 5.32 Å². The van der Waals surface area contributed by atoms with Gasteiger partial charge in [0.25, 0.3) is 0 Å². The van der Waals surface area contributed by atoms with Gasteiger partial charge in [-0.05, 0) is 49.7 Å². The highest BCUT2D eigenvalue weighted by Crippen LogP contribution is 2.20. The highest BCUT2D eigenvalue weighted by molar-refractivity contribution is 7.80. The van der Waals surface area contributed by atoms with Crippen LogP contribution in [0.25, 0.3) is 0 Å². The molecule has 0 aliphatic carbocycles. The molecule has 0 saturated carbocycles. The predicted octanol–water partition coefficient (Wildman–Crippen LogP) is 3.11. The van der Waals surface area contributed by atoms with E-state index in [0.29, 0.717) is 10.1 Å². The van der Waals surface area contributed by atoms with Crippen LogP contribution in [0.5, 0.6) is 0 Å². The van der Waals surface area contributed by atoms with Gasteiger partial charge in [-0.3, -0.25) is 0 Å². The van der Waals surface area contributed by atoms with Crippen LogP contribution in [0.15, 0.2) is 18.2 Å². The number of thiocarbonyl (C=S) groups is 1. The van der Waals surface area contributed by atoms with E-state index in [9.17, 15) is 0 Å². The Morgan fingerprint density at radius 2 is 2.39 bits per heavy atom. The third-order valence-electron chi connectivity index (χ3n) is 2.96. The van der Waals surface area contributed by atoms with Gasteiger partial charge in [0.15, 0.2) is 5.11 Å². The van der Waals surface area contributed by atoms with Gasteiger partial charge >= 0.3 is 0 Å². The van der Waals surface area contributed by atoms with Crippen LogP contribution in [-0.4, -0.2) is 24.4 Å². The zero-order valence-electron chi connectivity index (χ0n) is 10.3. The molecule has 1 aliphatic rings. The number of hydrogen-bond acceptors (Lipinski definition) is 2. The van der Waals surface area contributed by atoms with Gasteiger partial charge in [-0.2, -0.15) is 0 Å². The van der Waals surface area contributed by atoms with E-state index in [2.05, 4.69) is 10.6 Å². The fraction of sp³-hybridized carbons (Fsp3) is 0.462. The summed E-state index contributed by atoms with van der Waals surface area (Å²) in [7, 11) is 0. The molecule has 1 aromatic rings. The lowest BCUT2D eigenvalue weighted by atomic mass is 10.2. The van der Waals surface area contributed by atoms with Gasteiger partial charge in [-0.25, -0.2) is 0 Å². The van der Waals surface area contributed by atoms with E-state index in [1.807, 2.05) is 25.1 Å². The molecule has 2 rings (SSSR count). The van der Waals surface area contributed by atoms with Crippen LogP contribution in [0.1, 0.15) is 18.4 Å². The zero-order chi connectivity index (χ0) is 13.0. The van der Waals surface area contributed by atoms with Crippen LogP contribution in [-0.2, 0) is 4.74 Å². The summed E-state index contributed by atoms with van der Waals surface area (Å²) in [6.07, 6.45) is 2.52. The van der Waals surface area contributed by atoms with Crippen LogP contribution >= 0.6 is 23.8 Å². The van der Waals surface area contributed by atoms with Crippen LogP contribution in [0.2, 0.25) is 5.02 Å². The first-order valence-corrected chi connectivity index (χ1v) is 6.86. The summed E-state index contributed by atoms with van der Waals surface area (Å²) < 4.78 is 5.53. The number of anilines is 1. The number of nitrogens with one attached hydrogen (secondary N) is 2. The third kappa shape index (κ3) is 3.83. The second-order valence-corrected chi connectivity index (χ2v) is 5.27. The average molecular weight is 285 g/mol. The molecule has 0 bridgehead atoms. The van der Waals surface area contributed by atoms with Crippen molar-refractivity contribution in [2.45, 2.75) is 25.9 Å². The molecule has 2 N–H and O–H groups in total. The van der Waals surface area contributed by atoms with Gasteiger partial charge < -0.3 is 15.4 Å². The lowest BCUT2D eigenvalue weighted by Crippen LogP contribution is -2.34. The topological polar surface area (TPSA) is 33.3 Å². The number of benzene rings is 1. The van der Waals surface area contributed by atoms with Crippen molar-refractivity contribution in [3.63, 3.8) is 0 Å². The van der Waals surface area contributed by atoms with E-state index in [4.69, 9.17) is 28.6 Å². The van der Waals surface area contributed by atoms with Crippen molar-refractivity contribution in [1.29, 1.82) is 0 Å². The Bertz CT molecular complexity index is 433. The third-order valence-corrected chi connectivity index (χ3v) is 3.44. The van der Waals surface area contributed by atoms with Crippen molar-refractivity contribution in [2.75, 3.05) is 18.5 Å². The molecule has 18 heavy (non-hydrogen) atoms. The van der Waals surface area contributed by atoms with Gasteiger partial charge in [0.05, 0.1) is 6.10 Å². The first-order valence-electron chi connectivity index (χ1n) is 6.08. The highest BCUT2D eigenvalue weighted by Gasteiger charge is 2.15. The fourth-order valence-electron chi connectivity index (χ4n) is 1.91. The second-order valence-electron chi connectivity index (χ2n) is 4.43. The predicted molar refractivity (Wildman–Crippen MR) is 79.4 cm³/mol. The molecule has 1 unspecified atom stereocenters. The van der Waals surface area contributed by atoms with Crippen molar-refractivity contribution < 1.29 is 4.74 Å². The second kappa shape index (κ2) is 6.36. The molecule has 1 atom stereocenters. The van der Waals surface area contributed by atoms with E-state index >= 15 is 0 Å². The van der Waals surface area contributed by atoms with Crippen molar-refractivity contribution in [3.8, 4) is 0 Å². The molecule has 3 nitrogen and oxygen atoms in total. The Labute approximate surface area is 118 Å². The monoisotopic (exact) mass is 284 g/mol. The van der Waals surface area contributed by atoms with Crippen LogP contribution in [0.3, 0.4) is 0 Å². The van der Waals surface area contributed by atoms with E-state index < -0.39 is 0 Å². The standard InChI is InChI=1S/C13H17ClN2OS/c1-9-4-5-10(14)7-12(9)16-13(18)15-8-11-3-2-6-17-11/h4-5,7,11H,2-3,6,8H2,1H3,(H2,15,16,18). The molecule has 0 aromatic heterocycles. The van der Waals surface area contributed by atoms with E-state index in [0.717, 1.165) is 37.2 Å². The first kappa shape index (κ1) is 13.6. The van der Waals surface area contributed by atoms with Crippen LogP contribution in [0, 0.1) is 6.92 Å². The summed E-state index contributed by atoms with van der Waals surface area (Å²) in [5.74, 6) is 0. The normalized spacial score (nSPS) is 18.7. The Balaban J connectivity index is 1.84. The Morgan fingerprint density at radius 3 is 3.11 bits per heavy atom. The summed E-state index contributed by atoms with van der Waals surface area (Å²) >= 11 is 11.2. The molecule has 1 aliphatic heterocycles. The van der Waals surface area contributed by atoms with E-state index in [1.54, 1.807) is 0 Å². The van der Waals surface area contributed by atoms with Gasteiger partial charge in [0, 0.05) is 23.9 Å². The van der Waals surface area contributed by atoms with Crippen LogP contribution < -0.4 is 10.6 Å². The van der Waals surface area contributed by atoms with Gasteiger partial charge in [-0.1, -0.05) is 17.7 Å². The minimum atomic E-state index is 0.283. The number of ether oxygens (including phenoxy) is 1. The maximum atomic E-state index is 5.96. The summed E-state index contributed by atoms with van der Waals surface area (Å²) in [5.41, 5.74) is 2.05. The van der Waals surface area contributed by atoms with E-state index in [1.165, 1.54) is 0 Å². The van der Waals surface area contributed by atoms with Gasteiger partial charge in [0.2, 0.25) is 0 Å². The van der Waals surface area contributed by atoms with Gasteiger partial charge in [-0.15, -0.1) is 0 Å². The lowest BCUT2D eigenvalue weighted by molar-refractivity contribution is 0.114. The molecule has 1 fully saturated rings. The number of hydrogen-bond donors (Lipinski definition) is 2. The molecule has 5 heteroatoms. The van der Waals surface area contributed by atoms with Crippen LogP contribution in [0.4, 0.5) is 5.69 Å². The number of rotatable bonds is 3. The summed E-state index contributed by atoms with van der Waals surface area (Å²) in [6, 6.07) is 5.70. The molecule has 98 valence electrons. The smallest absolute Gasteiger partial charge is 0.170 e. The van der Waals surface area contributed by atoms with Gasteiger partial charge in [0.1, 0.15) is 0 Å². The Hall–Kier alpha value is -0.840. The molecule has 0 spiro atoms. The number of halogens is 1. The Kier molecular flexibility index (Phi) is 4.80. The first-order chi connectivity index (χ1) is 8.65. The SMILES string of the molecule is Cc1ccc(Cl)cc1NC(=S)NCC1CCCO1. The molecule has 1 heterocycles. The number of aryl methyl sites for hydroxylation is 1. The highest BCUT2D eigenvalue weighted by atomic mass is 35.5. The van der Waals surface area contributed by atoms with Crippen molar-refractivity contribution in [2.24, 2.45) is 0 Å². The summed E-state index contributed by atoms with van der Waals surface area (Å²) in [5, 5.41) is 7.63. The molecular weight excluding hydrogens is 268 g/mol.